The van der Waals surface area contributed by atoms with Crippen LogP contribution in [0.25, 0.3) is 0 Å². The Morgan fingerprint density at radius 3 is 2.48 bits per heavy atom. The fourth-order valence-electron chi connectivity index (χ4n) is 2.66. The number of nitrogens with zero attached hydrogens (tertiary/aromatic N) is 1. The van der Waals surface area contributed by atoms with Gasteiger partial charge in [0.25, 0.3) is 0 Å². The van der Waals surface area contributed by atoms with E-state index in [0.29, 0.717) is 17.0 Å². The molecule has 1 atom stereocenters. The third kappa shape index (κ3) is 3.85. The number of carbonyl (C=O) groups excluding carboxylic acids is 2. The lowest BCUT2D eigenvalue weighted by Gasteiger charge is -2.31. The van der Waals surface area contributed by atoms with Crippen molar-refractivity contribution in [2.24, 2.45) is 0 Å². The molecule has 2 aromatic carbocycles. The topological polar surface area (TPSA) is 58.6 Å². The molecule has 1 aliphatic heterocycles. The molecule has 128 valence electrons. The Hall–Kier alpha value is -3.15. The summed E-state index contributed by atoms with van der Waals surface area (Å²) in [6.45, 7) is 0. The first-order chi connectivity index (χ1) is 12.1. The molecule has 0 aliphatic carbocycles. The summed E-state index contributed by atoms with van der Waals surface area (Å²) >= 11 is 0. The summed E-state index contributed by atoms with van der Waals surface area (Å²) in [5.41, 5.74) is 1.30. The van der Waals surface area contributed by atoms with E-state index >= 15 is 0 Å². The second-order valence-corrected chi connectivity index (χ2v) is 5.62. The lowest BCUT2D eigenvalue weighted by molar-refractivity contribution is -0.116. The molecule has 0 bridgehead atoms. The van der Waals surface area contributed by atoms with E-state index in [-0.39, 0.29) is 24.1 Å². The van der Waals surface area contributed by atoms with Gasteiger partial charge in [-0.3, -0.25) is 9.69 Å². The van der Waals surface area contributed by atoms with E-state index in [1.165, 1.54) is 29.3 Å². The Morgan fingerprint density at radius 2 is 1.84 bits per heavy atom. The average Bonchev–Trinajstić information content (AvgIpc) is 2.63. The van der Waals surface area contributed by atoms with E-state index in [2.05, 4.69) is 5.32 Å². The quantitative estimate of drug-likeness (QED) is 0.922. The standard InChI is InChI=1S/C19H17FN2O3/c1-25-17-8-6-15(7-9-17)21-19(24)22-11-10-16(23)12-18(22)13-2-4-14(20)5-3-13/h2-11,18H,12H2,1H3,(H,21,24). The average molecular weight is 340 g/mol. The molecular formula is C19H17FN2O3. The first-order valence-electron chi connectivity index (χ1n) is 7.76. The first kappa shape index (κ1) is 16.7. The van der Waals surface area contributed by atoms with Crippen molar-refractivity contribution >= 4 is 17.5 Å². The number of methoxy groups -OCH3 is 1. The number of ether oxygens (including phenoxy) is 1. The molecule has 25 heavy (non-hydrogen) atoms. The fraction of sp³-hybridized carbons (Fsp3) is 0.158. The summed E-state index contributed by atoms with van der Waals surface area (Å²) in [4.78, 5) is 25.8. The van der Waals surface area contributed by atoms with Gasteiger partial charge >= 0.3 is 6.03 Å². The highest BCUT2D eigenvalue weighted by Crippen LogP contribution is 2.29. The molecule has 5 nitrogen and oxygen atoms in total. The van der Waals surface area contributed by atoms with Crippen molar-refractivity contribution in [3.8, 4) is 5.75 Å². The zero-order valence-corrected chi connectivity index (χ0v) is 13.6. The Bertz CT molecular complexity index is 800. The summed E-state index contributed by atoms with van der Waals surface area (Å²) in [5, 5.41) is 2.78. The van der Waals surface area contributed by atoms with Crippen LogP contribution in [0, 0.1) is 5.82 Å². The maximum absolute atomic E-state index is 13.2. The maximum atomic E-state index is 13.2. The lowest BCUT2D eigenvalue weighted by atomic mass is 9.97. The molecule has 2 amide bonds. The van der Waals surface area contributed by atoms with Crippen molar-refractivity contribution in [1.29, 1.82) is 0 Å². The molecule has 0 radical (unpaired) electrons. The number of hydrogen-bond acceptors (Lipinski definition) is 3. The van der Waals surface area contributed by atoms with Crippen LogP contribution in [0.5, 0.6) is 5.75 Å². The van der Waals surface area contributed by atoms with Crippen LogP contribution in [-0.4, -0.2) is 23.8 Å². The Morgan fingerprint density at radius 1 is 1.16 bits per heavy atom. The van der Waals surface area contributed by atoms with Crippen LogP contribution in [0.1, 0.15) is 18.0 Å². The third-order valence-electron chi connectivity index (χ3n) is 3.98. The highest BCUT2D eigenvalue weighted by molar-refractivity contribution is 5.96. The van der Waals surface area contributed by atoms with Crippen molar-refractivity contribution < 1.29 is 18.7 Å². The predicted octanol–water partition coefficient (Wildman–Crippen LogP) is 3.90. The van der Waals surface area contributed by atoms with Gasteiger partial charge in [0.1, 0.15) is 11.6 Å². The van der Waals surface area contributed by atoms with Gasteiger partial charge in [-0.15, -0.1) is 0 Å². The van der Waals surface area contributed by atoms with Gasteiger partial charge in [-0.05, 0) is 48.0 Å². The zero-order valence-electron chi connectivity index (χ0n) is 13.6. The van der Waals surface area contributed by atoms with Crippen LogP contribution in [0.2, 0.25) is 0 Å². The normalized spacial score (nSPS) is 16.6. The van der Waals surface area contributed by atoms with E-state index in [0.717, 1.165) is 0 Å². The van der Waals surface area contributed by atoms with E-state index in [4.69, 9.17) is 4.74 Å². The van der Waals surface area contributed by atoms with Crippen molar-refractivity contribution in [1.82, 2.24) is 4.90 Å². The molecule has 0 saturated carbocycles. The summed E-state index contributed by atoms with van der Waals surface area (Å²) in [6.07, 6.45) is 2.98. The van der Waals surface area contributed by atoms with Gasteiger partial charge in [0.2, 0.25) is 0 Å². The molecular weight excluding hydrogens is 323 g/mol. The Balaban J connectivity index is 1.81. The summed E-state index contributed by atoms with van der Waals surface area (Å²) < 4.78 is 18.2. The second-order valence-electron chi connectivity index (χ2n) is 5.62. The van der Waals surface area contributed by atoms with Gasteiger partial charge < -0.3 is 10.1 Å². The van der Waals surface area contributed by atoms with E-state index in [9.17, 15) is 14.0 Å². The number of allylic oxidation sites excluding steroid dienone is 1. The van der Waals surface area contributed by atoms with Crippen molar-refractivity contribution in [3.63, 3.8) is 0 Å². The molecule has 1 N–H and O–H groups in total. The van der Waals surface area contributed by atoms with Gasteiger partial charge in [0.15, 0.2) is 5.78 Å². The smallest absolute Gasteiger partial charge is 0.326 e. The van der Waals surface area contributed by atoms with Gasteiger partial charge in [-0.2, -0.15) is 0 Å². The second kappa shape index (κ2) is 7.17. The predicted molar refractivity (Wildman–Crippen MR) is 91.8 cm³/mol. The Labute approximate surface area is 144 Å². The minimum Gasteiger partial charge on any atom is -0.497 e. The van der Waals surface area contributed by atoms with E-state index in [1.54, 1.807) is 43.5 Å². The summed E-state index contributed by atoms with van der Waals surface area (Å²) in [5.74, 6) is 0.240. The van der Waals surface area contributed by atoms with E-state index < -0.39 is 6.04 Å². The summed E-state index contributed by atoms with van der Waals surface area (Å²) in [6, 6.07) is 11.9. The van der Waals surface area contributed by atoms with E-state index in [1.807, 2.05) is 0 Å². The number of urea groups is 1. The van der Waals surface area contributed by atoms with Gasteiger partial charge in [-0.1, -0.05) is 12.1 Å². The van der Waals surface area contributed by atoms with Crippen molar-refractivity contribution in [3.05, 3.63) is 72.2 Å². The summed E-state index contributed by atoms with van der Waals surface area (Å²) in [7, 11) is 1.57. The molecule has 1 heterocycles. The number of carbonyl (C=O) groups is 2. The zero-order chi connectivity index (χ0) is 17.8. The van der Waals surface area contributed by atoms with Crippen LogP contribution >= 0.6 is 0 Å². The molecule has 0 aromatic heterocycles. The molecule has 6 heteroatoms. The number of anilines is 1. The number of ketones is 1. The van der Waals surface area contributed by atoms with Gasteiger partial charge in [0, 0.05) is 18.3 Å². The highest BCUT2D eigenvalue weighted by Gasteiger charge is 2.28. The van der Waals surface area contributed by atoms with Crippen LogP contribution < -0.4 is 10.1 Å². The molecule has 0 spiro atoms. The maximum Gasteiger partial charge on any atom is 0.326 e. The molecule has 1 unspecified atom stereocenters. The monoisotopic (exact) mass is 340 g/mol. The number of benzene rings is 2. The highest BCUT2D eigenvalue weighted by atomic mass is 19.1. The van der Waals surface area contributed by atoms with Crippen LogP contribution in [0.15, 0.2) is 60.8 Å². The number of amides is 2. The Kier molecular flexibility index (Phi) is 4.79. The van der Waals surface area contributed by atoms with Crippen molar-refractivity contribution in [2.45, 2.75) is 12.5 Å². The largest absolute Gasteiger partial charge is 0.497 e. The minimum atomic E-state index is -0.476. The molecule has 0 fully saturated rings. The number of halogens is 1. The third-order valence-corrected chi connectivity index (χ3v) is 3.98. The molecule has 0 saturated heterocycles. The fourth-order valence-corrected chi connectivity index (χ4v) is 2.66. The lowest BCUT2D eigenvalue weighted by Crippen LogP contribution is -2.37. The first-order valence-corrected chi connectivity index (χ1v) is 7.76. The number of hydrogen-bond donors (Lipinski definition) is 1. The van der Waals surface area contributed by atoms with Crippen LogP contribution in [0.3, 0.4) is 0 Å². The molecule has 2 aromatic rings. The van der Waals surface area contributed by atoms with Gasteiger partial charge in [0.05, 0.1) is 13.2 Å². The van der Waals surface area contributed by atoms with Gasteiger partial charge in [-0.25, -0.2) is 9.18 Å². The number of nitrogens with one attached hydrogen (secondary N) is 1. The van der Waals surface area contributed by atoms with Crippen molar-refractivity contribution in [2.75, 3.05) is 12.4 Å². The van der Waals surface area contributed by atoms with Crippen LogP contribution in [-0.2, 0) is 4.79 Å². The SMILES string of the molecule is COc1ccc(NC(=O)N2C=CC(=O)CC2c2ccc(F)cc2)cc1. The number of rotatable bonds is 3. The molecule has 3 rings (SSSR count). The van der Waals surface area contributed by atoms with Crippen LogP contribution in [0.4, 0.5) is 14.9 Å². The molecule has 1 aliphatic rings. The minimum absolute atomic E-state index is 0.0807.